The molecule has 1 unspecified atom stereocenters. The first-order valence-electron chi connectivity index (χ1n) is 7.36. The lowest BCUT2D eigenvalue weighted by atomic mass is 10.1. The van der Waals surface area contributed by atoms with Gasteiger partial charge in [0.2, 0.25) is 0 Å². The molecule has 21 heavy (non-hydrogen) atoms. The number of rotatable bonds is 8. The summed E-state index contributed by atoms with van der Waals surface area (Å²) < 4.78 is 11.3. The van der Waals surface area contributed by atoms with Crippen LogP contribution in [0.25, 0.3) is 0 Å². The smallest absolute Gasteiger partial charge is 0.122 e. The molecule has 0 aliphatic carbocycles. The highest BCUT2D eigenvalue weighted by atomic mass is 16.5. The van der Waals surface area contributed by atoms with E-state index in [0.29, 0.717) is 6.61 Å². The minimum absolute atomic E-state index is 0.256. The maximum atomic E-state index is 5.86. The molecule has 0 radical (unpaired) electrons. The van der Waals surface area contributed by atoms with Gasteiger partial charge < -0.3 is 14.8 Å². The Morgan fingerprint density at radius 1 is 1.00 bits per heavy atom. The molecule has 0 aromatic heterocycles. The molecule has 0 saturated carbocycles. The van der Waals surface area contributed by atoms with Gasteiger partial charge in [-0.1, -0.05) is 43.3 Å². The maximum Gasteiger partial charge on any atom is 0.122 e. The van der Waals surface area contributed by atoms with E-state index >= 15 is 0 Å². The normalized spacial score (nSPS) is 11.9. The van der Waals surface area contributed by atoms with E-state index in [-0.39, 0.29) is 6.04 Å². The second-order valence-corrected chi connectivity index (χ2v) is 4.89. The first kappa shape index (κ1) is 15.4. The quantitative estimate of drug-likeness (QED) is 0.807. The minimum Gasteiger partial charge on any atom is -0.496 e. The van der Waals surface area contributed by atoms with Crippen LogP contribution in [0.15, 0.2) is 54.6 Å². The number of ether oxygens (including phenoxy) is 2. The van der Waals surface area contributed by atoms with E-state index in [0.717, 1.165) is 24.5 Å². The van der Waals surface area contributed by atoms with Gasteiger partial charge in [-0.25, -0.2) is 0 Å². The van der Waals surface area contributed by atoms with Crippen molar-refractivity contribution in [2.24, 2.45) is 0 Å². The van der Waals surface area contributed by atoms with Gasteiger partial charge in [-0.2, -0.15) is 0 Å². The summed E-state index contributed by atoms with van der Waals surface area (Å²) in [7, 11) is 1.71. The van der Waals surface area contributed by atoms with E-state index < -0.39 is 0 Å². The lowest BCUT2D eigenvalue weighted by Crippen LogP contribution is -2.36. The van der Waals surface area contributed by atoms with Gasteiger partial charge in [-0.05, 0) is 36.7 Å². The van der Waals surface area contributed by atoms with Gasteiger partial charge in [0.05, 0.1) is 7.11 Å². The fourth-order valence-corrected chi connectivity index (χ4v) is 2.33. The Labute approximate surface area is 126 Å². The molecule has 2 rings (SSSR count). The Hall–Kier alpha value is -2.00. The molecule has 1 atom stereocenters. The lowest BCUT2D eigenvalue weighted by Gasteiger charge is -2.20. The molecule has 0 aliphatic heterocycles. The molecule has 0 spiro atoms. The summed E-state index contributed by atoms with van der Waals surface area (Å²) in [5.41, 5.74) is 1.20. The second-order valence-electron chi connectivity index (χ2n) is 4.89. The van der Waals surface area contributed by atoms with E-state index in [1.54, 1.807) is 7.11 Å². The zero-order valence-corrected chi connectivity index (χ0v) is 12.7. The summed E-state index contributed by atoms with van der Waals surface area (Å²) in [6.45, 7) is 3.66. The van der Waals surface area contributed by atoms with Crippen LogP contribution in [0.2, 0.25) is 0 Å². The maximum absolute atomic E-state index is 5.86. The summed E-state index contributed by atoms with van der Waals surface area (Å²) in [5.74, 6) is 1.83. The van der Waals surface area contributed by atoms with E-state index in [1.165, 1.54) is 5.56 Å². The molecule has 3 heteroatoms. The van der Waals surface area contributed by atoms with Gasteiger partial charge in [0, 0.05) is 6.04 Å². The van der Waals surface area contributed by atoms with Crippen LogP contribution in [0.4, 0.5) is 0 Å². The third-order valence-corrected chi connectivity index (χ3v) is 3.35. The number of hydrogen-bond acceptors (Lipinski definition) is 3. The molecule has 0 amide bonds. The van der Waals surface area contributed by atoms with Crippen molar-refractivity contribution in [1.29, 1.82) is 0 Å². The van der Waals surface area contributed by atoms with Gasteiger partial charge in [0.25, 0.3) is 0 Å². The Bertz CT molecular complexity index is 528. The molecule has 112 valence electrons. The van der Waals surface area contributed by atoms with Gasteiger partial charge in [0.15, 0.2) is 0 Å². The molecular formula is C18H23NO2. The summed E-state index contributed by atoms with van der Waals surface area (Å²) >= 11 is 0. The first-order chi connectivity index (χ1) is 10.3. The number of methoxy groups -OCH3 is 1. The van der Waals surface area contributed by atoms with Crippen molar-refractivity contribution in [2.75, 3.05) is 20.3 Å². The van der Waals surface area contributed by atoms with Gasteiger partial charge >= 0.3 is 0 Å². The van der Waals surface area contributed by atoms with Gasteiger partial charge in [0.1, 0.15) is 18.1 Å². The highest BCUT2D eigenvalue weighted by molar-refractivity contribution is 5.34. The highest BCUT2D eigenvalue weighted by Crippen LogP contribution is 2.19. The van der Waals surface area contributed by atoms with Crippen molar-refractivity contribution in [2.45, 2.75) is 19.4 Å². The fraction of sp³-hybridized carbons (Fsp3) is 0.333. The number of likely N-dealkylation sites (N-methyl/N-ethyl adjacent to an activating group) is 1. The molecule has 0 saturated heterocycles. The number of para-hydroxylation sites is 2. The summed E-state index contributed by atoms with van der Waals surface area (Å²) in [6.07, 6.45) is 0.880. The van der Waals surface area contributed by atoms with Crippen LogP contribution >= 0.6 is 0 Å². The zero-order valence-electron chi connectivity index (χ0n) is 12.7. The first-order valence-corrected chi connectivity index (χ1v) is 7.36. The van der Waals surface area contributed by atoms with Crippen molar-refractivity contribution >= 4 is 0 Å². The van der Waals surface area contributed by atoms with Crippen LogP contribution in [-0.4, -0.2) is 26.3 Å². The molecule has 0 heterocycles. The highest BCUT2D eigenvalue weighted by Gasteiger charge is 2.12. The SMILES string of the molecule is CCNC(COc1ccccc1)Cc1ccccc1OC. The molecule has 0 fully saturated rings. The molecule has 3 nitrogen and oxygen atoms in total. The van der Waals surface area contributed by atoms with E-state index in [2.05, 4.69) is 18.3 Å². The molecule has 0 bridgehead atoms. The topological polar surface area (TPSA) is 30.5 Å². The predicted molar refractivity (Wildman–Crippen MR) is 86.1 cm³/mol. The van der Waals surface area contributed by atoms with E-state index in [4.69, 9.17) is 9.47 Å². The van der Waals surface area contributed by atoms with Crippen LogP contribution in [0.1, 0.15) is 12.5 Å². The third-order valence-electron chi connectivity index (χ3n) is 3.35. The molecule has 0 aliphatic rings. The number of benzene rings is 2. The largest absolute Gasteiger partial charge is 0.496 e. The van der Waals surface area contributed by atoms with Crippen LogP contribution in [0, 0.1) is 0 Å². The van der Waals surface area contributed by atoms with E-state index in [1.807, 2.05) is 48.5 Å². The van der Waals surface area contributed by atoms with Crippen molar-refractivity contribution < 1.29 is 9.47 Å². The van der Waals surface area contributed by atoms with Crippen molar-refractivity contribution in [3.63, 3.8) is 0 Å². The summed E-state index contributed by atoms with van der Waals surface area (Å²) in [5, 5.41) is 3.47. The van der Waals surface area contributed by atoms with Gasteiger partial charge in [-0.15, -0.1) is 0 Å². The monoisotopic (exact) mass is 285 g/mol. The van der Waals surface area contributed by atoms with Crippen LogP contribution in [0.3, 0.4) is 0 Å². The van der Waals surface area contributed by atoms with Crippen LogP contribution in [-0.2, 0) is 6.42 Å². The standard InChI is InChI=1S/C18H23NO2/c1-3-19-16(14-21-17-10-5-4-6-11-17)13-15-9-7-8-12-18(15)20-2/h4-12,16,19H,3,13-14H2,1-2H3. The van der Waals surface area contributed by atoms with Crippen LogP contribution < -0.4 is 14.8 Å². The Balaban J connectivity index is 1.98. The lowest BCUT2D eigenvalue weighted by molar-refractivity contribution is 0.263. The van der Waals surface area contributed by atoms with Crippen molar-refractivity contribution in [3.8, 4) is 11.5 Å². The Morgan fingerprint density at radius 2 is 1.71 bits per heavy atom. The molecule has 2 aromatic carbocycles. The number of nitrogens with one attached hydrogen (secondary N) is 1. The Kier molecular flexibility index (Phi) is 6.10. The Morgan fingerprint density at radius 3 is 2.43 bits per heavy atom. The van der Waals surface area contributed by atoms with E-state index in [9.17, 15) is 0 Å². The average Bonchev–Trinajstić information content (AvgIpc) is 2.54. The van der Waals surface area contributed by atoms with Crippen molar-refractivity contribution in [3.05, 3.63) is 60.2 Å². The summed E-state index contributed by atoms with van der Waals surface area (Å²) in [6, 6.07) is 18.3. The minimum atomic E-state index is 0.256. The third kappa shape index (κ3) is 4.80. The van der Waals surface area contributed by atoms with Gasteiger partial charge in [-0.3, -0.25) is 0 Å². The van der Waals surface area contributed by atoms with Crippen molar-refractivity contribution in [1.82, 2.24) is 5.32 Å². The number of hydrogen-bond donors (Lipinski definition) is 1. The molecule has 1 N–H and O–H groups in total. The summed E-state index contributed by atoms with van der Waals surface area (Å²) in [4.78, 5) is 0. The zero-order chi connectivity index (χ0) is 14.9. The average molecular weight is 285 g/mol. The fourth-order valence-electron chi connectivity index (χ4n) is 2.33. The van der Waals surface area contributed by atoms with Crippen LogP contribution in [0.5, 0.6) is 11.5 Å². The second kappa shape index (κ2) is 8.32. The predicted octanol–water partition coefficient (Wildman–Crippen LogP) is 3.29. The molecular weight excluding hydrogens is 262 g/mol. The molecule has 2 aromatic rings.